The van der Waals surface area contributed by atoms with Gasteiger partial charge in [-0.2, -0.15) is 0 Å². The number of rotatable bonds is 4. The molecule has 0 bridgehead atoms. The number of hydrogen-bond donors (Lipinski definition) is 0. The molecular weight excluding hydrogens is 340 g/mol. The second-order valence-electron chi connectivity index (χ2n) is 12.0. The van der Waals surface area contributed by atoms with Crippen molar-refractivity contribution in [2.45, 2.75) is 106 Å². The molecule has 0 aromatic heterocycles. The molecule has 0 amide bonds. The summed E-state index contributed by atoms with van der Waals surface area (Å²) in [6, 6.07) is 0. The Morgan fingerprint density at radius 3 is 1.58 bits per heavy atom. The van der Waals surface area contributed by atoms with E-state index in [4.69, 9.17) is 4.74 Å². The third-order valence-electron chi connectivity index (χ3n) is 6.14. The first kappa shape index (κ1) is 23.9. The predicted octanol–water partition coefficient (Wildman–Crippen LogP) is 6.96. The van der Waals surface area contributed by atoms with Crippen molar-refractivity contribution in [1.82, 2.24) is 0 Å². The van der Waals surface area contributed by atoms with E-state index in [2.05, 4.69) is 69.2 Å². The average Bonchev–Trinajstić information content (AvgIpc) is 2.43. The first-order valence-corrected chi connectivity index (χ1v) is 11.5. The summed E-state index contributed by atoms with van der Waals surface area (Å²) in [6.45, 7) is 22.6. The summed E-state index contributed by atoms with van der Waals surface area (Å²) in [5.41, 5.74) is 0.608. The number of carbonyl (C=O) groups is 1. The SMILES string of the molecule is CSC(C)(CC(C)(C)C)C(=O)OC1CC(C(C)(C)C)CC(C(C)(C)C)C1. The van der Waals surface area contributed by atoms with E-state index in [9.17, 15) is 4.79 Å². The highest BCUT2D eigenvalue weighted by Crippen LogP contribution is 2.47. The van der Waals surface area contributed by atoms with Crippen molar-refractivity contribution in [3.8, 4) is 0 Å². The molecule has 1 aliphatic carbocycles. The summed E-state index contributed by atoms with van der Waals surface area (Å²) in [4.78, 5) is 13.1. The number of carbonyl (C=O) groups excluding carboxylic acids is 1. The topological polar surface area (TPSA) is 26.3 Å². The van der Waals surface area contributed by atoms with Gasteiger partial charge in [0.15, 0.2) is 0 Å². The molecule has 0 radical (unpaired) electrons. The minimum Gasteiger partial charge on any atom is -0.461 e. The van der Waals surface area contributed by atoms with Crippen LogP contribution in [-0.2, 0) is 9.53 Å². The van der Waals surface area contributed by atoms with Crippen molar-refractivity contribution >= 4 is 17.7 Å². The van der Waals surface area contributed by atoms with Crippen LogP contribution in [0.25, 0.3) is 0 Å². The maximum atomic E-state index is 13.1. The zero-order chi connectivity index (χ0) is 20.6. The summed E-state index contributed by atoms with van der Waals surface area (Å²) in [5.74, 6) is 1.18. The molecule has 3 atom stereocenters. The van der Waals surface area contributed by atoms with Crippen LogP contribution >= 0.6 is 11.8 Å². The van der Waals surface area contributed by atoms with E-state index in [0.29, 0.717) is 11.8 Å². The normalized spacial score (nSPS) is 27.7. The van der Waals surface area contributed by atoms with Crippen LogP contribution in [-0.4, -0.2) is 23.1 Å². The maximum Gasteiger partial charge on any atom is 0.322 e. The van der Waals surface area contributed by atoms with Crippen molar-refractivity contribution in [3.05, 3.63) is 0 Å². The van der Waals surface area contributed by atoms with Gasteiger partial charge in [-0.3, -0.25) is 4.79 Å². The number of hydrogen-bond acceptors (Lipinski definition) is 3. The Bertz CT molecular complexity index is 456. The van der Waals surface area contributed by atoms with Crippen molar-refractivity contribution in [3.63, 3.8) is 0 Å². The molecular formula is C23H44O2S. The predicted molar refractivity (Wildman–Crippen MR) is 116 cm³/mol. The molecule has 0 aromatic rings. The summed E-state index contributed by atoms with van der Waals surface area (Å²) in [6.07, 6.45) is 6.16. The van der Waals surface area contributed by atoms with Gasteiger partial charge >= 0.3 is 5.97 Å². The first-order chi connectivity index (χ1) is 11.5. The second-order valence-corrected chi connectivity index (χ2v) is 13.3. The largest absolute Gasteiger partial charge is 0.461 e. The van der Waals surface area contributed by atoms with Gasteiger partial charge in [0.05, 0.1) is 0 Å². The highest BCUT2D eigenvalue weighted by molar-refractivity contribution is 8.00. The van der Waals surface area contributed by atoms with Crippen molar-refractivity contribution in [1.29, 1.82) is 0 Å². The molecule has 0 aliphatic heterocycles. The first-order valence-electron chi connectivity index (χ1n) is 10.2. The molecule has 3 unspecified atom stereocenters. The van der Waals surface area contributed by atoms with Gasteiger partial charge in [-0.25, -0.2) is 0 Å². The minimum absolute atomic E-state index is 0.0212. The van der Waals surface area contributed by atoms with E-state index in [1.54, 1.807) is 11.8 Å². The van der Waals surface area contributed by atoms with Gasteiger partial charge in [-0.05, 0) is 66.9 Å². The lowest BCUT2D eigenvalue weighted by molar-refractivity contribution is -0.158. The van der Waals surface area contributed by atoms with E-state index in [1.807, 2.05) is 6.26 Å². The Balaban J connectivity index is 2.96. The lowest BCUT2D eigenvalue weighted by atomic mass is 9.62. The number of thioether (sulfide) groups is 1. The lowest BCUT2D eigenvalue weighted by Crippen LogP contribution is -2.44. The molecule has 1 rings (SSSR count). The van der Waals surface area contributed by atoms with E-state index in [-0.39, 0.29) is 28.3 Å². The monoisotopic (exact) mass is 384 g/mol. The Morgan fingerprint density at radius 2 is 1.27 bits per heavy atom. The summed E-state index contributed by atoms with van der Waals surface area (Å²) >= 11 is 1.63. The fourth-order valence-corrected chi connectivity index (χ4v) is 5.09. The lowest BCUT2D eigenvalue weighted by Gasteiger charge is -2.46. The van der Waals surface area contributed by atoms with E-state index in [0.717, 1.165) is 19.3 Å². The highest BCUT2D eigenvalue weighted by Gasteiger charge is 2.44. The maximum absolute atomic E-state index is 13.1. The van der Waals surface area contributed by atoms with Gasteiger partial charge < -0.3 is 4.74 Å². The fraction of sp³-hybridized carbons (Fsp3) is 0.957. The fourth-order valence-electron chi connectivity index (χ4n) is 4.29. The minimum atomic E-state index is -0.468. The van der Waals surface area contributed by atoms with Crippen molar-refractivity contribution in [2.24, 2.45) is 28.1 Å². The van der Waals surface area contributed by atoms with Crippen LogP contribution in [0.15, 0.2) is 0 Å². The van der Waals surface area contributed by atoms with E-state index < -0.39 is 4.75 Å². The smallest absolute Gasteiger partial charge is 0.322 e. The van der Waals surface area contributed by atoms with Gasteiger partial charge in [0.25, 0.3) is 0 Å². The van der Waals surface area contributed by atoms with Gasteiger partial charge in [0.2, 0.25) is 0 Å². The van der Waals surface area contributed by atoms with Crippen LogP contribution in [0.5, 0.6) is 0 Å². The Labute approximate surface area is 167 Å². The molecule has 1 aliphatic rings. The molecule has 1 saturated carbocycles. The molecule has 154 valence electrons. The van der Waals surface area contributed by atoms with Crippen molar-refractivity contribution in [2.75, 3.05) is 6.26 Å². The average molecular weight is 385 g/mol. The molecule has 0 heterocycles. The van der Waals surface area contributed by atoms with Crippen LogP contribution in [0.4, 0.5) is 0 Å². The van der Waals surface area contributed by atoms with Crippen LogP contribution in [0, 0.1) is 28.1 Å². The van der Waals surface area contributed by atoms with Crippen molar-refractivity contribution < 1.29 is 9.53 Å². The molecule has 0 spiro atoms. The molecule has 0 saturated heterocycles. The third kappa shape index (κ3) is 6.77. The quantitative estimate of drug-likeness (QED) is 0.490. The molecule has 26 heavy (non-hydrogen) atoms. The zero-order valence-corrected chi connectivity index (χ0v) is 20.1. The van der Waals surface area contributed by atoms with Crippen LogP contribution in [0.1, 0.15) is 94.9 Å². The highest BCUT2D eigenvalue weighted by atomic mass is 32.2. The van der Waals surface area contributed by atoms with Gasteiger partial charge in [-0.1, -0.05) is 62.3 Å². The number of ether oxygens (including phenoxy) is 1. The molecule has 1 fully saturated rings. The Hall–Kier alpha value is -0.180. The summed E-state index contributed by atoms with van der Waals surface area (Å²) in [5, 5.41) is 0. The van der Waals surface area contributed by atoms with Crippen LogP contribution < -0.4 is 0 Å². The van der Waals surface area contributed by atoms with Crippen LogP contribution in [0.2, 0.25) is 0 Å². The van der Waals surface area contributed by atoms with Gasteiger partial charge in [0, 0.05) is 0 Å². The molecule has 0 aromatic carbocycles. The second kappa shape index (κ2) is 8.05. The third-order valence-corrected chi connectivity index (χ3v) is 7.35. The number of esters is 1. The van der Waals surface area contributed by atoms with E-state index in [1.165, 1.54) is 6.42 Å². The molecule has 3 heteroatoms. The van der Waals surface area contributed by atoms with Gasteiger partial charge in [0.1, 0.15) is 10.9 Å². The summed E-state index contributed by atoms with van der Waals surface area (Å²) in [7, 11) is 0. The van der Waals surface area contributed by atoms with E-state index >= 15 is 0 Å². The Kier molecular flexibility index (Phi) is 7.39. The Morgan fingerprint density at radius 1 is 0.846 bits per heavy atom. The molecule has 0 N–H and O–H groups in total. The van der Waals surface area contributed by atoms with Crippen LogP contribution in [0.3, 0.4) is 0 Å². The summed E-state index contributed by atoms with van der Waals surface area (Å²) < 4.78 is 5.72. The van der Waals surface area contributed by atoms with Gasteiger partial charge in [-0.15, -0.1) is 11.8 Å². The molecule has 2 nitrogen and oxygen atoms in total. The zero-order valence-electron chi connectivity index (χ0n) is 19.3. The standard InChI is InChI=1S/C23H44O2S/c1-20(2,3)15-23(10,26-11)19(24)25-18-13-16(21(4,5)6)12-17(14-18)22(7,8)9/h16-18H,12-15H2,1-11H3.